The van der Waals surface area contributed by atoms with Crippen LogP contribution in [0.3, 0.4) is 0 Å². The van der Waals surface area contributed by atoms with Gasteiger partial charge in [-0.1, -0.05) is 13.8 Å². The number of rotatable bonds is 11. The number of aliphatic hydroxyl groups is 1. The average molecular weight is 295 g/mol. The van der Waals surface area contributed by atoms with Crippen molar-refractivity contribution in [1.82, 2.24) is 5.32 Å². The van der Waals surface area contributed by atoms with Gasteiger partial charge in [0.1, 0.15) is 9.84 Å². The van der Waals surface area contributed by atoms with Gasteiger partial charge in [0, 0.05) is 12.8 Å². The van der Waals surface area contributed by atoms with Crippen molar-refractivity contribution in [2.24, 2.45) is 5.92 Å². The van der Waals surface area contributed by atoms with E-state index in [1.165, 1.54) is 6.26 Å². The number of sulfone groups is 1. The third-order valence-corrected chi connectivity index (χ3v) is 3.66. The van der Waals surface area contributed by atoms with Crippen molar-refractivity contribution >= 4 is 9.84 Å². The third-order valence-electron chi connectivity index (χ3n) is 2.63. The first-order valence-electron chi connectivity index (χ1n) is 6.88. The van der Waals surface area contributed by atoms with Gasteiger partial charge in [0.25, 0.3) is 0 Å². The second kappa shape index (κ2) is 9.69. The molecule has 0 amide bonds. The highest BCUT2D eigenvalue weighted by molar-refractivity contribution is 7.90. The molecule has 116 valence electrons. The molecule has 6 heteroatoms. The van der Waals surface area contributed by atoms with Crippen LogP contribution in [0, 0.1) is 5.92 Å². The Morgan fingerprint density at radius 2 is 1.89 bits per heavy atom. The molecule has 0 heterocycles. The molecule has 0 aliphatic carbocycles. The van der Waals surface area contributed by atoms with E-state index >= 15 is 0 Å². The van der Waals surface area contributed by atoms with E-state index < -0.39 is 15.9 Å². The zero-order chi connectivity index (χ0) is 14.9. The Morgan fingerprint density at radius 3 is 2.42 bits per heavy atom. The van der Waals surface area contributed by atoms with E-state index in [0.29, 0.717) is 32.0 Å². The molecule has 2 unspecified atom stereocenters. The summed E-state index contributed by atoms with van der Waals surface area (Å²) in [6, 6.07) is 0. The summed E-state index contributed by atoms with van der Waals surface area (Å²) in [6.07, 6.45) is 2.38. The number of nitrogens with one attached hydrogen (secondary N) is 1. The van der Waals surface area contributed by atoms with E-state index in [-0.39, 0.29) is 11.9 Å². The highest BCUT2D eigenvalue weighted by Gasteiger charge is 2.09. The Balaban J connectivity index is 3.52. The standard InChI is InChI=1S/C13H29NO4S/c1-11(2)8-12(3)18-10-13(15)9-14-6-5-7-19(4,16)17/h11-15H,5-10H2,1-4H3. The molecule has 0 aliphatic rings. The summed E-state index contributed by atoms with van der Waals surface area (Å²) in [7, 11) is -2.89. The zero-order valence-electron chi connectivity index (χ0n) is 12.6. The summed E-state index contributed by atoms with van der Waals surface area (Å²) >= 11 is 0. The number of ether oxygens (including phenoxy) is 1. The van der Waals surface area contributed by atoms with Gasteiger partial charge in [-0.2, -0.15) is 0 Å². The van der Waals surface area contributed by atoms with Crippen molar-refractivity contribution in [3.8, 4) is 0 Å². The topological polar surface area (TPSA) is 75.6 Å². The van der Waals surface area contributed by atoms with Gasteiger partial charge in [-0.15, -0.1) is 0 Å². The lowest BCUT2D eigenvalue weighted by atomic mass is 10.1. The molecule has 0 aliphatic heterocycles. The Bertz CT molecular complexity index is 317. The van der Waals surface area contributed by atoms with Crippen molar-refractivity contribution in [2.45, 2.75) is 45.8 Å². The summed E-state index contributed by atoms with van der Waals surface area (Å²) < 4.78 is 27.3. The quantitative estimate of drug-likeness (QED) is 0.552. The highest BCUT2D eigenvalue weighted by Crippen LogP contribution is 2.07. The summed E-state index contributed by atoms with van der Waals surface area (Å²) in [4.78, 5) is 0. The number of hydrogen-bond donors (Lipinski definition) is 2. The molecule has 2 N–H and O–H groups in total. The van der Waals surface area contributed by atoms with Crippen LogP contribution in [0.15, 0.2) is 0 Å². The molecule has 0 radical (unpaired) electrons. The van der Waals surface area contributed by atoms with Crippen LogP contribution in [0.2, 0.25) is 0 Å². The Kier molecular flexibility index (Phi) is 9.60. The van der Waals surface area contributed by atoms with Gasteiger partial charge in [-0.25, -0.2) is 8.42 Å². The minimum Gasteiger partial charge on any atom is -0.389 e. The van der Waals surface area contributed by atoms with Crippen LogP contribution in [-0.4, -0.2) is 57.4 Å². The maximum atomic E-state index is 10.9. The van der Waals surface area contributed by atoms with Crippen LogP contribution in [0.4, 0.5) is 0 Å². The van der Waals surface area contributed by atoms with Crippen LogP contribution in [0.5, 0.6) is 0 Å². The van der Waals surface area contributed by atoms with E-state index in [0.717, 1.165) is 6.42 Å². The van der Waals surface area contributed by atoms with Crippen LogP contribution in [-0.2, 0) is 14.6 Å². The molecular formula is C13H29NO4S. The monoisotopic (exact) mass is 295 g/mol. The minimum absolute atomic E-state index is 0.153. The largest absolute Gasteiger partial charge is 0.389 e. The van der Waals surface area contributed by atoms with E-state index in [4.69, 9.17) is 4.74 Å². The fraction of sp³-hybridized carbons (Fsp3) is 1.00. The molecule has 0 saturated carbocycles. The van der Waals surface area contributed by atoms with Gasteiger partial charge in [0.2, 0.25) is 0 Å². The molecule has 0 saturated heterocycles. The molecule has 0 rings (SSSR count). The fourth-order valence-corrected chi connectivity index (χ4v) is 2.46. The molecule has 0 aromatic heterocycles. The van der Waals surface area contributed by atoms with Gasteiger partial charge in [-0.3, -0.25) is 0 Å². The Morgan fingerprint density at radius 1 is 1.26 bits per heavy atom. The Hall–Kier alpha value is -0.170. The first-order valence-corrected chi connectivity index (χ1v) is 8.95. The van der Waals surface area contributed by atoms with E-state index in [9.17, 15) is 13.5 Å². The maximum Gasteiger partial charge on any atom is 0.147 e. The average Bonchev–Trinajstić information content (AvgIpc) is 2.23. The second-order valence-electron chi connectivity index (χ2n) is 5.61. The molecule has 0 spiro atoms. The van der Waals surface area contributed by atoms with Gasteiger partial charge < -0.3 is 15.2 Å². The molecular weight excluding hydrogens is 266 g/mol. The molecule has 0 fully saturated rings. The van der Waals surface area contributed by atoms with E-state index in [1.807, 2.05) is 6.92 Å². The van der Waals surface area contributed by atoms with E-state index in [1.54, 1.807) is 0 Å². The van der Waals surface area contributed by atoms with Crippen molar-refractivity contribution in [3.05, 3.63) is 0 Å². The lowest BCUT2D eigenvalue weighted by Gasteiger charge is -2.18. The second-order valence-corrected chi connectivity index (χ2v) is 7.87. The lowest BCUT2D eigenvalue weighted by Crippen LogP contribution is -2.32. The third kappa shape index (κ3) is 14.1. The van der Waals surface area contributed by atoms with Crippen molar-refractivity contribution in [2.75, 3.05) is 31.7 Å². The molecule has 0 bridgehead atoms. The Labute approximate surface area is 117 Å². The predicted octanol–water partition coefficient (Wildman–Crippen LogP) is 0.823. The van der Waals surface area contributed by atoms with Gasteiger partial charge in [0.15, 0.2) is 0 Å². The van der Waals surface area contributed by atoms with Crippen LogP contribution in [0.25, 0.3) is 0 Å². The molecule has 5 nitrogen and oxygen atoms in total. The fourth-order valence-electron chi connectivity index (χ4n) is 1.79. The van der Waals surface area contributed by atoms with Crippen LogP contribution < -0.4 is 5.32 Å². The minimum atomic E-state index is -2.89. The SMILES string of the molecule is CC(C)CC(C)OCC(O)CNCCCS(C)(=O)=O. The molecule has 2 atom stereocenters. The van der Waals surface area contributed by atoms with Gasteiger partial charge >= 0.3 is 0 Å². The highest BCUT2D eigenvalue weighted by atomic mass is 32.2. The van der Waals surface area contributed by atoms with Crippen LogP contribution in [0.1, 0.15) is 33.6 Å². The number of hydrogen-bond acceptors (Lipinski definition) is 5. The van der Waals surface area contributed by atoms with Crippen molar-refractivity contribution < 1.29 is 18.3 Å². The first-order chi connectivity index (χ1) is 8.70. The summed E-state index contributed by atoms with van der Waals surface area (Å²) in [6.45, 7) is 7.61. The molecule has 0 aromatic rings. The lowest BCUT2D eigenvalue weighted by molar-refractivity contribution is -0.00840. The van der Waals surface area contributed by atoms with Crippen molar-refractivity contribution in [3.63, 3.8) is 0 Å². The normalized spacial score (nSPS) is 15.7. The predicted molar refractivity (Wildman–Crippen MR) is 78.1 cm³/mol. The molecule has 19 heavy (non-hydrogen) atoms. The van der Waals surface area contributed by atoms with Crippen molar-refractivity contribution in [1.29, 1.82) is 0 Å². The zero-order valence-corrected chi connectivity index (χ0v) is 13.4. The smallest absolute Gasteiger partial charge is 0.147 e. The van der Waals surface area contributed by atoms with Gasteiger partial charge in [0.05, 0.1) is 24.6 Å². The maximum absolute atomic E-state index is 10.9. The number of aliphatic hydroxyl groups excluding tert-OH is 1. The summed E-state index contributed by atoms with van der Waals surface area (Å²) in [5, 5.41) is 12.7. The molecule has 0 aromatic carbocycles. The summed E-state index contributed by atoms with van der Waals surface area (Å²) in [5.74, 6) is 0.763. The van der Waals surface area contributed by atoms with Crippen LogP contribution >= 0.6 is 0 Å². The first kappa shape index (κ1) is 18.8. The summed E-state index contributed by atoms with van der Waals surface area (Å²) in [5.41, 5.74) is 0. The van der Waals surface area contributed by atoms with Gasteiger partial charge in [-0.05, 0) is 32.2 Å². The van der Waals surface area contributed by atoms with E-state index in [2.05, 4.69) is 19.2 Å².